The Morgan fingerprint density at radius 3 is 2.67 bits per heavy atom. The maximum atomic E-state index is 10.7. The van der Waals surface area contributed by atoms with E-state index in [-0.39, 0.29) is 17.4 Å². The van der Waals surface area contributed by atoms with Crippen LogP contribution in [0.2, 0.25) is 0 Å². The van der Waals surface area contributed by atoms with Gasteiger partial charge in [-0.15, -0.1) is 0 Å². The number of nitrogens with zero attached hydrogens (tertiary/aromatic N) is 2. The molecule has 0 atom stereocenters. The van der Waals surface area contributed by atoms with Gasteiger partial charge in [-0.1, -0.05) is 0 Å². The van der Waals surface area contributed by atoms with E-state index in [0.717, 1.165) is 0 Å². The van der Waals surface area contributed by atoms with Gasteiger partial charge in [0.05, 0.1) is 11.9 Å². The quantitative estimate of drug-likeness (QED) is 0.684. The van der Waals surface area contributed by atoms with Crippen LogP contribution in [0.3, 0.4) is 0 Å². The van der Waals surface area contributed by atoms with Crippen molar-refractivity contribution >= 4 is 11.7 Å². The van der Waals surface area contributed by atoms with Crippen LogP contribution in [0.1, 0.15) is 30.4 Å². The largest absolute Gasteiger partial charge is 0.476 e. The Balaban J connectivity index is 3.21. The molecule has 0 saturated carbocycles. The van der Waals surface area contributed by atoms with Crippen molar-refractivity contribution in [3.05, 3.63) is 11.9 Å². The van der Waals surface area contributed by atoms with Gasteiger partial charge in [0.2, 0.25) is 0 Å². The summed E-state index contributed by atoms with van der Waals surface area (Å²) < 4.78 is 1.39. The van der Waals surface area contributed by atoms with Gasteiger partial charge in [-0.3, -0.25) is 4.68 Å². The molecule has 66 valence electrons. The van der Waals surface area contributed by atoms with Crippen LogP contribution in [0, 0.1) is 0 Å². The third-order valence-corrected chi connectivity index (χ3v) is 1.52. The SMILES string of the molecule is CC(C)n1ncc(N)c1C(=O)O. The number of rotatable bonds is 2. The number of hydrogen-bond acceptors (Lipinski definition) is 3. The van der Waals surface area contributed by atoms with Gasteiger partial charge in [0, 0.05) is 6.04 Å². The second-order valence-electron chi connectivity index (χ2n) is 2.79. The number of aromatic nitrogens is 2. The maximum Gasteiger partial charge on any atom is 0.356 e. The van der Waals surface area contributed by atoms with Crippen LogP contribution in [0.25, 0.3) is 0 Å². The Morgan fingerprint density at radius 1 is 1.75 bits per heavy atom. The van der Waals surface area contributed by atoms with Crippen molar-refractivity contribution in [1.82, 2.24) is 9.78 Å². The van der Waals surface area contributed by atoms with Crippen molar-refractivity contribution in [3.63, 3.8) is 0 Å². The van der Waals surface area contributed by atoms with E-state index in [1.54, 1.807) is 0 Å². The molecule has 5 heteroatoms. The van der Waals surface area contributed by atoms with E-state index in [9.17, 15) is 4.79 Å². The summed E-state index contributed by atoms with van der Waals surface area (Å²) in [4.78, 5) is 10.7. The lowest BCUT2D eigenvalue weighted by molar-refractivity contribution is 0.0682. The zero-order chi connectivity index (χ0) is 9.30. The molecule has 0 fully saturated rings. The normalized spacial score (nSPS) is 10.6. The second kappa shape index (κ2) is 2.84. The smallest absolute Gasteiger partial charge is 0.356 e. The van der Waals surface area contributed by atoms with Crippen molar-refractivity contribution in [2.75, 3.05) is 5.73 Å². The molecule has 0 aliphatic rings. The first-order chi connectivity index (χ1) is 5.54. The van der Waals surface area contributed by atoms with Crippen molar-refractivity contribution in [2.45, 2.75) is 19.9 Å². The zero-order valence-corrected chi connectivity index (χ0v) is 6.98. The average Bonchev–Trinajstić information content (AvgIpc) is 2.30. The van der Waals surface area contributed by atoms with Crippen molar-refractivity contribution in [2.24, 2.45) is 0 Å². The molecule has 1 aromatic rings. The van der Waals surface area contributed by atoms with Crippen molar-refractivity contribution in [3.8, 4) is 0 Å². The minimum absolute atomic E-state index is 0.00778. The predicted octanol–water partition coefficient (Wildman–Crippen LogP) is 0.744. The van der Waals surface area contributed by atoms with E-state index >= 15 is 0 Å². The van der Waals surface area contributed by atoms with Gasteiger partial charge in [0.15, 0.2) is 5.69 Å². The zero-order valence-electron chi connectivity index (χ0n) is 6.98. The Labute approximate surface area is 69.8 Å². The molecule has 0 bridgehead atoms. The fourth-order valence-corrected chi connectivity index (χ4v) is 0.989. The molecule has 0 aromatic carbocycles. The molecule has 1 aromatic heterocycles. The molecule has 0 radical (unpaired) electrons. The summed E-state index contributed by atoms with van der Waals surface area (Å²) in [6, 6.07) is 0.00778. The van der Waals surface area contributed by atoms with Crippen LogP contribution >= 0.6 is 0 Å². The Morgan fingerprint density at radius 2 is 2.33 bits per heavy atom. The number of carboxylic acids is 1. The van der Waals surface area contributed by atoms with Gasteiger partial charge in [0.1, 0.15) is 0 Å². The second-order valence-corrected chi connectivity index (χ2v) is 2.79. The highest BCUT2D eigenvalue weighted by molar-refractivity contribution is 5.91. The number of nitrogen functional groups attached to an aromatic ring is 1. The van der Waals surface area contributed by atoms with Crippen LogP contribution in [0.15, 0.2) is 6.20 Å². The summed E-state index contributed by atoms with van der Waals surface area (Å²) in [6.45, 7) is 3.69. The predicted molar refractivity (Wildman–Crippen MR) is 44.0 cm³/mol. The lowest BCUT2D eigenvalue weighted by Crippen LogP contribution is -2.13. The Bertz CT molecular complexity index is 304. The molecule has 0 unspecified atom stereocenters. The first kappa shape index (κ1) is 8.58. The summed E-state index contributed by atoms with van der Waals surface area (Å²) in [5.41, 5.74) is 5.68. The lowest BCUT2D eigenvalue weighted by Gasteiger charge is -2.07. The molecule has 0 amide bonds. The number of anilines is 1. The summed E-state index contributed by atoms with van der Waals surface area (Å²) in [5.74, 6) is -1.04. The van der Waals surface area contributed by atoms with Gasteiger partial charge in [0.25, 0.3) is 0 Å². The molecule has 1 rings (SSSR count). The molecule has 12 heavy (non-hydrogen) atoms. The molecular weight excluding hydrogens is 158 g/mol. The molecule has 0 aliphatic heterocycles. The van der Waals surface area contributed by atoms with Gasteiger partial charge in [-0.25, -0.2) is 4.79 Å². The van der Waals surface area contributed by atoms with Crippen LogP contribution < -0.4 is 5.73 Å². The summed E-state index contributed by atoms with van der Waals surface area (Å²) in [6.07, 6.45) is 1.35. The highest BCUT2D eigenvalue weighted by atomic mass is 16.4. The fraction of sp³-hybridized carbons (Fsp3) is 0.429. The van der Waals surface area contributed by atoms with E-state index in [4.69, 9.17) is 10.8 Å². The molecule has 1 heterocycles. The number of hydrogen-bond donors (Lipinski definition) is 2. The molecule has 0 spiro atoms. The third kappa shape index (κ3) is 1.25. The maximum absolute atomic E-state index is 10.7. The number of aromatic carboxylic acids is 1. The van der Waals surface area contributed by atoms with Gasteiger partial charge < -0.3 is 10.8 Å². The standard InChI is InChI=1S/C7H11N3O2/c1-4(2)10-6(7(11)12)5(8)3-9-10/h3-4H,8H2,1-2H3,(H,11,12). The van der Waals surface area contributed by atoms with Gasteiger partial charge in [-0.05, 0) is 13.8 Å². The molecule has 0 aliphatic carbocycles. The fourth-order valence-electron chi connectivity index (χ4n) is 0.989. The van der Waals surface area contributed by atoms with E-state index in [0.29, 0.717) is 0 Å². The van der Waals surface area contributed by atoms with Gasteiger partial charge in [-0.2, -0.15) is 5.10 Å². The number of carboxylic acid groups (broad SMARTS) is 1. The third-order valence-electron chi connectivity index (χ3n) is 1.52. The van der Waals surface area contributed by atoms with Crippen LogP contribution in [-0.2, 0) is 0 Å². The summed E-state index contributed by atoms with van der Waals surface area (Å²) in [7, 11) is 0. The molecule has 5 nitrogen and oxygen atoms in total. The minimum Gasteiger partial charge on any atom is -0.476 e. The average molecular weight is 169 g/mol. The first-order valence-electron chi connectivity index (χ1n) is 3.60. The molecular formula is C7H11N3O2. The molecule has 0 saturated heterocycles. The van der Waals surface area contributed by atoms with E-state index < -0.39 is 5.97 Å². The lowest BCUT2D eigenvalue weighted by atomic mass is 10.3. The van der Waals surface area contributed by atoms with E-state index in [2.05, 4.69) is 5.10 Å². The topological polar surface area (TPSA) is 81.1 Å². The highest BCUT2D eigenvalue weighted by Crippen LogP contribution is 2.14. The number of carbonyl (C=O) groups is 1. The summed E-state index contributed by atoms with van der Waals surface area (Å²) in [5, 5.41) is 12.6. The highest BCUT2D eigenvalue weighted by Gasteiger charge is 2.16. The van der Waals surface area contributed by atoms with E-state index in [1.165, 1.54) is 10.9 Å². The Hall–Kier alpha value is -1.52. The first-order valence-corrected chi connectivity index (χ1v) is 3.60. The van der Waals surface area contributed by atoms with Gasteiger partial charge >= 0.3 is 5.97 Å². The molecule has 3 N–H and O–H groups in total. The number of nitrogens with two attached hydrogens (primary N) is 1. The monoisotopic (exact) mass is 169 g/mol. The minimum atomic E-state index is -1.04. The van der Waals surface area contributed by atoms with Crippen LogP contribution in [0.4, 0.5) is 5.69 Å². The van der Waals surface area contributed by atoms with E-state index in [1.807, 2.05) is 13.8 Å². The van der Waals surface area contributed by atoms with Crippen molar-refractivity contribution < 1.29 is 9.90 Å². The Kier molecular flexibility index (Phi) is 2.03. The summed E-state index contributed by atoms with van der Waals surface area (Å²) >= 11 is 0. The van der Waals surface area contributed by atoms with Crippen molar-refractivity contribution in [1.29, 1.82) is 0 Å². The van der Waals surface area contributed by atoms with Crippen LogP contribution in [-0.4, -0.2) is 20.9 Å². The van der Waals surface area contributed by atoms with Crippen LogP contribution in [0.5, 0.6) is 0 Å².